The molecule has 21 heavy (non-hydrogen) atoms. The molecular weight excluding hydrogens is 290 g/mol. The van der Waals surface area contributed by atoms with Gasteiger partial charge < -0.3 is 11.1 Å². The van der Waals surface area contributed by atoms with Crippen molar-refractivity contribution in [1.82, 2.24) is 4.90 Å². The van der Waals surface area contributed by atoms with Crippen molar-refractivity contribution in [2.24, 2.45) is 0 Å². The van der Waals surface area contributed by atoms with E-state index in [4.69, 9.17) is 5.73 Å². The van der Waals surface area contributed by atoms with Crippen molar-refractivity contribution in [3.05, 3.63) is 23.8 Å². The first kappa shape index (κ1) is 15.8. The van der Waals surface area contributed by atoms with E-state index >= 15 is 0 Å². The molecule has 6 nitrogen and oxygen atoms in total. The Kier molecular flexibility index (Phi) is 4.53. The molecule has 0 radical (unpaired) electrons. The van der Waals surface area contributed by atoms with Crippen molar-refractivity contribution in [2.75, 3.05) is 35.6 Å². The first-order valence-electron chi connectivity index (χ1n) is 6.87. The molecule has 1 heterocycles. The van der Waals surface area contributed by atoms with E-state index in [2.05, 4.69) is 5.32 Å². The number of nitrogens with one attached hydrogen (secondary N) is 1. The van der Waals surface area contributed by atoms with Gasteiger partial charge in [-0.05, 0) is 31.5 Å². The minimum absolute atomic E-state index is 0.104. The summed E-state index contributed by atoms with van der Waals surface area (Å²) in [7, 11) is -2.96. The Morgan fingerprint density at radius 2 is 2.19 bits per heavy atom. The number of carbonyl (C=O) groups is 1. The molecule has 3 N–H and O–H groups in total. The number of hydrogen-bond donors (Lipinski definition) is 2. The summed E-state index contributed by atoms with van der Waals surface area (Å²) in [6, 6.07) is 5.30. The number of benzene rings is 1. The van der Waals surface area contributed by atoms with Crippen molar-refractivity contribution in [3.8, 4) is 0 Å². The van der Waals surface area contributed by atoms with Gasteiger partial charge in [-0.15, -0.1) is 0 Å². The molecule has 0 spiro atoms. The van der Waals surface area contributed by atoms with Crippen LogP contribution < -0.4 is 11.1 Å². The zero-order chi connectivity index (χ0) is 15.6. The Balaban J connectivity index is 1.96. The van der Waals surface area contributed by atoms with E-state index in [1.807, 2.05) is 24.8 Å². The van der Waals surface area contributed by atoms with Crippen LogP contribution in [0.15, 0.2) is 18.2 Å². The molecule has 1 aliphatic rings. The summed E-state index contributed by atoms with van der Waals surface area (Å²) >= 11 is 0. The average Bonchev–Trinajstić information content (AvgIpc) is 2.36. The molecule has 1 aromatic rings. The summed E-state index contributed by atoms with van der Waals surface area (Å²) in [6.07, 6.45) is 0. The monoisotopic (exact) mass is 311 g/mol. The highest BCUT2D eigenvalue weighted by Crippen LogP contribution is 2.19. The van der Waals surface area contributed by atoms with E-state index in [1.54, 1.807) is 12.1 Å². The van der Waals surface area contributed by atoms with Crippen molar-refractivity contribution < 1.29 is 13.2 Å². The topological polar surface area (TPSA) is 92.5 Å². The second-order valence-corrected chi connectivity index (χ2v) is 7.80. The van der Waals surface area contributed by atoms with E-state index in [9.17, 15) is 13.2 Å². The lowest BCUT2D eigenvalue weighted by Crippen LogP contribution is -2.49. The Hall–Kier alpha value is -1.60. The maximum atomic E-state index is 12.1. The molecule has 7 heteroatoms. The van der Waals surface area contributed by atoms with Gasteiger partial charge in [0.1, 0.15) is 0 Å². The van der Waals surface area contributed by atoms with Gasteiger partial charge in [0.15, 0.2) is 9.84 Å². The second kappa shape index (κ2) is 6.03. The van der Waals surface area contributed by atoms with Crippen LogP contribution in [-0.2, 0) is 14.6 Å². The summed E-state index contributed by atoms with van der Waals surface area (Å²) < 4.78 is 23.0. The average molecular weight is 311 g/mol. The summed E-state index contributed by atoms with van der Waals surface area (Å²) in [4.78, 5) is 13.9. The maximum Gasteiger partial charge on any atom is 0.238 e. The molecule has 1 aliphatic heterocycles. The Morgan fingerprint density at radius 3 is 2.81 bits per heavy atom. The molecule has 1 atom stereocenters. The molecule has 0 aromatic heterocycles. The molecule has 2 rings (SSSR count). The summed E-state index contributed by atoms with van der Waals surface area (Å²) in [5.41, 5.74) is 8.00. The van der Waals surface area contributed by atoms with Crippen molar-refractivity contribution in [2.45, 2.75) is 19.9 Å². The predicted molar refractivity (Wildman–Crippen MR) is 83.9 cm³/mol. The standard InChI is InChI=1S/C14H21N3O3S/c1-10-3-4-13(12(15)7-10)16-14(18)8-17-5-6-21(19,20)9-11(17)2/h3-4,7,11H,5-6,8-9,15H2,1-2H3,(H,16,18). The SMILES string of the molecule is Cc1ccc(NC(=O)CN2CCS(=O)(=O)CC2C)c(N)c1. The fourth-order valence-corrected chi connectivity index (χ4v) is 4.06. The van der Waals surface area contributed by atoms with Crippen molar-refractivity contribution in [1.29, 1.82) is 0 Å². The van der Waals surface area contributed by atoms with E-state index in [1.165, 1.54) is 0 Å². The number of nitrogen functional groups attached to an aromatic ring is 1. The number of nitrogens with two attached hydrogens (primary N) is 1. The lowest BCUT2D eigenvalue weighted by molar-refractivity contribution is -0.117. The van der Waals surface area contributed by atoms with Crippen LogP contribution in [0.25, 0.3) is 0 Å². The zero-order valence-electron chi connectivity index (χ0n) is 12.3. The van der Waals surface area contributed by atoms with Crippen LogP contribution in [0.3, 0.4) is 0 Å². The molecule has 0 aliphatic carbocycles. The van der Waals surface area contributed by atoms with Gasteiger partial charge in [-0.3, -0.25) is 9.69 Å². The molecule has 1 aromatic carbocycles. The smallest absolute Gasteiger partial charge is 0.238 e. The third kappa shape index (κ3) is 4.18. The van der Waals surface area contributed by atoms with Crippen LogP contribution in [0.1, 0.15) is 12.5 Å². The van der Waals surface area contributed by atoms with Crippen molar-refractivity contribution >= 4 is 27.1 Å². The third-order valence-corrected chi connectivity index (χ3v) is 5.43. The van der Waals surface area contributed by atoms with Gasteiger partial charge in [-0.2, -0.15) is 0 Å². The summed E-state index contributed by atoms with van der Waals surface area (Å²) in [5, 5.41) is 2.77. The highest BCUT2D eigenvalue weighted by molar-refractivity contribution is 7.91. The molecule has 1 amide bonds. The quantitative estimate of drug-likeness (QED) is 0.799. The number of rotatable bonds is 3. The summed E-state index contributed by atoms with van der Waals surface area (Å²) in [5.74, 6) is 0.0289. The van der Waals surface area contributed by atoms with E-state index in [-0.39, 0.29) is 30.0 Å². The van der Waals surface area contributed by atoms with Crippen LogP contribution in [0.2, 0.25) is 0 Å². The second-order valence-electron chi connectivity index (χ2n) is 5.57. The number of nitrogens with zero attached hydrogens (tertiary/aromatic N) is 1. The van der Waals surface area contributed by atoms with Crippen LogP contribution >= 0.6 is 0 Å². The summed E-state index contributed by atoms with van der Waals surface area (Å²) in [6.45, 7) is 4.31. The minimum Gasteiger partial charge on any atom is -0.397 e. The minimum atomic E-state index is -2.96. The van der Waals surface area contributed by atoms with Gasteiger partial charge in [0, 0.05) is 12.6 Å². The Morgan fingerprint density at radius 1 is 1.48 bits per heavy atom. The molecule has 0 saturated carbocycles. The first-order chi connectivity index (χ1) is 9.77. The highest BCUT2D eigenvalue weighted by Gasteiger charge is 2.29. The molecule has 1 unspecified atom stereocenters. The van der Waals surface area contributed by atoms with E-state index in [0.717, 1.165) is 5.56 Å². The number of amides is 1. The fraction of sp³-hybridized carbons (Fsp3) is 0.500. The molecule has 116 valence electrons. The van der Waals surface area contributed by atoms with Crippen LogP contribution in [0, 0.1) is 6.92 Å². The van der Waals surface area contributed by atoms with E-state index < -0.39 is 9.84 Å². The Labute approximate surface area is 125 Å². The van der Waals surface area contributed by atoms with Crippen LogP contribution in [-0.4, -0.2) is 49.9 Å². The lowest BCUT2D eigenvalue weighted by atomic mass is 10.2. The zero-order valence-corrected chi connectivity index (χ0v) is 13.1. The van der Waals surface area contributed by atoms with E-state index in [0.29, 0.717) is 17.9 Å². The van der Waals surface area contributed by atoms with Gasteiger partial charge >= 0.3 is 0 Å². The molecule has 1 fully saturated rings. The van der Waals surface area contributed by atoms with Gasteiger partial charge in [0.25, 0.3) is 0 Å². The lowest BCUT2D eigenvalue weighted by Gasteiger charge is -2.32. The van der Waals surface area contributed by atoms with Crippen LogP contribution in [0.5, 0.6) is 0 Å². The first-order valence-corrected chi connectivity index (χ1v) is 8.69. The van der Waals surface area contributed by atoms with Gasteiger partial charge in [0.2, 0.25) is 5.91 Å². The van der Waals surface area contributed by atoms with Crippen molar-refractivity contribution in [3.63, 3.8) is 0 Å². The predicted octanol–water partition coefficient (Wildman–Crippen LogP) is 0.635. The number of carbonyl (C=O) groups excluding carboxylic acids is 1. The van der Waals surface area contributed by atoms with Crippen LogP contribution in [0.4, 0.5) is 11.4 Å². The molecular formula is C14H21N3O3S. The molecule has 0 bridgehead atoms. The third-order valence-electron chi connectivity index (χ3n) is 3.64. The molecule has 1 saturated heterocycles. The number of sulfone groups is 1. The number of aryl methyl sites for hydroxylation is 1. The largest absolute Gasteiger partial charge is 0.397 e. The Bertz CT molecular complexity index is 643. The number of hydrogen-bond acceptors (Lipinski definition) is 5. The normalized spacial score (nSPS) is 21.9. The van der Waals surface area contributed by atoms with Gasteiger partial charge in [-0.25, -0.2) is 8.42 Å². The number of anilines is 2. The maximum absolute atomic E-state index is 12.1. The fourth-order valence-electron chi connectivity index (χ4n) is 2.44. The van der Waals surface area contributed by atoms with Gasteiger partial charge in [0.05, 0.1) is 29.4 Å². The highest BCUT2D eigenvalue weighted by atomic mass is 32.2. The van der Waals surface area contributed by atoms with Gasteiger partial charge in [-0.1, -0.05) is 6.07 Å².